The van der Waals surface area contributed by atoms with Gasteiger partial charge >= 0.3 is 0 Å². The number of rotatable bonds is 3. The van der Waals surface area contributed by atoms with Gasteiger partial charge < -0.3 is 19.4 Å². The van der Waals surface area contributed by atoms with E-state index in [4.69, 9.17) is 9.47 Å². The molecule has 0 aliphatic carbocycles. The van der Waals surface area contributed by atoms with Gasteiger partial charge in [0.1, 0.15) is 11.9 Å². The summed E-state index contributed by atoms with van der Waals surface area (Å²) in [5.74, 6) is 0.946. The molecule has 2 fully saturated rings. The van der Waals surface area contributed by atoms with E-state index in [2.05, 4.69) is 14.9 Å². The van der Waals surface area contributed by atoms with Crippen molar-refractivity contribution in [3.63, 3.8) is 0 Å². The van der Waals surface area contributed by atoms with Crippen molar-refractivity contribution in [3.8, 4) is 0 Å². The van der Waals surface area contributed by atoms with Crippen molar-refractivity contribution in [1.82, 2.24) is 19.8 Å². The van der Waals surface area contributed by atoms with Gasteiger partial charge in [0, 0.05) is 31.5 Å². The summed E-state index contributed by atoms with van der Waals surface area (Å²) in [5.41, 5.74) is 0.996. The fourth-order valence-corrected chi connectivity index (χ4v) is 2.77. The van der Waals surface area contributed by atoms with Gasteiger partial charge in [-0.25, -0.2) is 4.98 Å². The topological polar surface area (TPSA) is 70.7 Å². The predicted molar refractivity (Wildman–Crippen MR) is 75.9 cm³/mol. The summed E-state index contributed by atoms with van der Waals surface area (Å²) in [5, 5.41) is 0. The Morgan fingerprint density at radius 2 is 2.10 bits per heavy atom. The van der Waals surface area contributed by atoms with Crippen LogP contribution in [0.1, 0.15) is 17.6 Å². The minimum atomic E-state index is -0.110. The van der Waals surface area contributed by atoms with Crippen molar-refractivity contribution < 1.29 is 14.3 Å². The predicted octanol–water partition coefficient (Wildman–Crippen LogP) is -0.0498. The molecule has 7 heteroatoms. The smallest absolute Gasteiger partial charge is 0.237 e. The number of nitrogens with zero attached hydrogens (tertiary/aromatic N) is 3. The summed E-state index contributed by atoms with van der Waals surface area (Å²) in [6, 6.07) is -0.110. The third-order valence-corrected chi connectivity index (χ3v) is 3.95. The monoisotopic (exact) mass is 294 g/mol. The summed E-state index contributed by atoms with van der Waals surface area (Å²) >= 11 is 0. The second-order valence-corrected chi connectivity index (χ2v) is 5.52. The largest absolute Gasteiger partial charge is 0.379 e. The quantitative estimate of drug-likeness (QED) is 0.846. The van der Waals surface area contributed by atoms with E-state index in [1.165, 1.54) is 0 Å². The lowest BCUT2D eigenvalue weighted by atomic mass is 10.2. The van der Waals surface area contributed by atoms with Crippen molar-refractivity contribution in [1.29, 1.82) is 0 Å². The van der Waals surface area contributed by atoms with Crippen LogP contribution in [0, 0.1) is 6.92 Å². The van der Waals surface area contributed by atoms with Crippen LogP contribution in [0.15, 0.2) is 6.20 Å². The van der Waals surface area contributed by atoms with Crippen LogP contribution >= 0.6 is 0 Å². The first-order valence-corrected chi connectivity index (χ1v) is 7.43. The zero-order chi connectivity index (χ0) is 14.7. The molecule has 0 bridgehead atoms. The SMILES string of the molecule is Cc1cnc(C2COCCN2C(=O)CN2CCOCC2)[nH]1. The summed E-state index contributed by atoms with van der Waals surface area (Å²) in [7, 11) is 0. The number of aromatic nitrogens is 2. The molecule has 0 aromatic carbocycles. The second-order valence-electron chi connectivity index (χ2n) is 5.52. The lowest BCUT2D eigenvalue weighted by Crippen LogP contribution is -2.49. The van der Waals surface area contributed by atoms with Crippen LogP contribution in [-0.2, 0) is 14.3 Å². The number of aromatic amines is 1. The molecule has 1 N–H and O–H groups in total. The number of morpholine rings is 2. The Hall–Kier alpha value is -1.44. The molecule has 21 heavy (non-hydrogen) atoms. The van der Waals surface area contributed by atoms with E-state index >= 15 is 0 Å². The first-order valence-electron chi connectivity index (χ1n) is 7.43. The number of carbonyl (C=O) groups is 1. The molecule has 3 rings (SSSR count). The van der Waals surface area contributed by atoms with E-state index in [0.717, 1.165) is 24.6 Å². The zero-order valence-corrected chi connectivity index (χ0v) is 12.4. The summed E-state index contributed by atoms with van der Waals surface area (Å²) in [4.78, 5) is 24.2. The first-order chi connectivity index (χ1) is 10.2. The number of imidazole rings is 1. The molecule has 1 aromatic heterocycles. The van der Waals surface area contributed by atoms with Gasteiger partial charge in [0.25, 0.3) is 0 Å². The van der Waals surface area contributed by atoms with Crippen molar-refractivity contribution >= 4 is 5.91 Å². The maximum Gasteiger partial charge on any atom is 0.237 e. The second kappa shape index (κ2) is 6.55. The molecule has 3 heterocycles. The van der Waals surface area contributed by atoms with Crippen LogP contribution < -0.4 is 0 Å². The highest BCUT2D eigenvalue weighted by molar-refractivity contribution is 5.78. The number of hydrogen-bond donors (Lipinski definition) is 1. The summed E-state index contributed by atoms with van der Waals surface area (Å²) in [6.45, 7) is 7.16. The Morgan fingerprint density at radius 3 is 2.81 bits per heavy atom. The van der Waals surface area contributed by atoms with Gasteiger partial charge in [0.05, 0.1) is 33.0 Å². The average molecular weight is 294 g/mol. The van der Waals surface area contributed by atoms with E-state index in [0.29, 0.717) is 39.5 Å². The highest BCUT2D eigenvalue weighted by atomic mass is 16.5. The Kier molecular flexibility index (Phi) is 4.52. The van der Waals surface area contributed by atoms with Gasteiger partial charge in [0.2, 0.25) is 5.91 Å². The number of H-pyrrole nitrogens is 1. The van der Waals surface area contributed by atoms with Crippen LogP contribution in [0.25, 0.3) is 0 Å². The van der Waals surface area contributed by atoms with E-state index in [-0.39, 0.29) is 11.9 Å². The number of nitrogens with one attached hydrogen (secondary N) is 1. The highest BCUT2D eigenvalue weighted by Gasteiger charge is 2.31. The molecule has 1 unspecified atom stereocenters. The number of hydrogen-bond acceptors (Lipinski definition) is 5. The third-order valence-electron chi connectivity index (χ3n) is 3.95. The van der Waals surface area contributed by atoms with E-state index in [1.807, 2.05) is 11.8 Å². The highest BCUT2D eigenvalue weighted by Crippen LogP contribution is 2.22. The Bertz CT molecular complexity index is 484. The van der Waals surface area contributed by atoms with Gasteiger partial charge in [-0.1, -0.05) is 0 Å². The van der Waals surface area contributed by atoms with Crippen LogP contribution in [0.4, 0.5) is 0 Å². The van der Waals surface area contributed by atoms with Gasteiger partial charge in [-0.3, -0.25) is 9.69 Å². The lowest BCUT2D eigenvalue weighted by Gasteiger charge is -2.36. The zero-order valence-electron chi connectivity index (χ0n) is 12.4. The van der Waals surface area contributed by atoms with Gasteiger partial charge in [-0.05, 0) is 6.92 Å². The molecule has 1 aromatic rings. The van der Waals surface area contributed by atoms with Crippen molar-refractivity contribution in [2.45, 2.75) is 13.0 Å². The molecule has 2 saturated heterocycles. The molecule has 2 aliphatic rings. The maximum atomic E-state index is 12.6. The molecule has 0 saturated carbocycles. The third kappa shape index (κ3) is 3.42. The lowest BCUT2D eigenvalue weighted by molar-refractivity contribution is -0.142. The fourth-order valence-electron chi connectivity index (χ4n) is 2.77. The van der Waals surface area contributed by atoms with Crippen LogP contribution in [-0.4, -0.2) is 78.3 Å². The number of amides is 1. The molecule has 1 atom stereocenters. The standard InChI is InChI=1S/C14H22N4O3/c1-11-8-15-14(16-11)12-10-21-7-4-18(12)13(19)9-17-2-5-20-6-3-17/h8,12H,2-7,9-10H2,1H3,(H,15,16). The average Bonchev–Trinajstić information content (AvgIpc) is 2.95. The molecule has 0 spiro atoms. The van der Waals surface area contributed by atoms with Crippen LogP contribution in [0.2, 0.25) is 0 Å². The van der Waals surface area contributed by atoms with Crippen molar-refractivity contribution in [2.75, 3.05) is 52.6 Å². The van der Waals surface area contributed by atoms with Crippen LogP contribution in [0.3, 0.4) is 0 Å². The summed E-state index contributed by atoms with van der Waals surface area (Å²) in [6.07, 6.45) is 1.79. The molecule has 1 amide bonds. The fraction of sp³-hybridized carbons (Fsp3) is 0.714. The van der Waals surface area contributed by atoms with Crippen molar-refractivity contribution in [2.24, 2.45) is 0 Å². The minimum absolute atomic E-state index is 0.110. The molecule has 116 valence electrons. The van der Waals surface area contributed by atoms with E-state index in [9.17, 15) is 4.79 Å². The van der Waals surface area contributed by atoms with Crippen molar-refractivity contribution in [3.05, 3.63) is 17.7 Å². The number of aryl methyl sites for hydroxylation is 1. The van der Waals surface area contributed by atoms with Gasteiger partial charge in [-0.15, -0.1) is 0 Å². The maximum absolute atomic E-state index is 12.6. The minimum Gasteiger partial charge on any atom is -0.379 e. The van der Waals surface area contributed by atoms with E-state index < -0.39 is 0 Å². The molecule has 0 radical (unpaired) electrons. The summed E-state index contributed by atoms with van der Waals surface area (Å²) < 4.78 is 10.8. The number of ether oxygens (including phenoxy) is 2. The number of carbonyl (C=O) groups excluding carboxylic acids is 1. The molecule has 7 nitrogen and oxygen atoms in total. The molecular weight excluding hydrogens is 272 g/mol. The first kappa shape index (κ1) is 14.5. The van der Waals surface area contributed by atoms with Crippen LogP contribution in [0.5, 0.6) is 0 Å². The Labute approximate surface area is 124 Å². The van der Waals surface area contributed by atoms with Gasteiger partial charge in [-0.2, -0.15) is 0 Å². The van der Waals surface area contributed by atoms with Gasteiger partial charge in [0.15, 0.2) is 0 Å². The van der Waals surface area contributed by atoms with E-state index in [1.54, 1.807) is 6.20 Å². The Balaban J connectivity index is 1.66. The Morgan fingerprint density at radius 1 is 1.33 bits per heavy atom. The molecular formula is C14H22N4O3. The normalized spacial score (nSPS) is 24.2. The molecule has 2 aliphatic heterocycles.